The number of hydrogen-bond acceptors (Lipinski definition) is 3. The van der Waals surface area contributed by atoms with Gasteiger partial charge in [-0.1, -0.05) is 36.0 Å². The normalized spacial score (nSPS) is 11.0. The molecule has 0 aliphatic rings. The Balaban J connectivity index is 1.73. The zero-order valence-corrected chi connectivity index (χ0v) is 16.0. The summed E-state index contributed by atoms with van der Waals surface area (Å²) in [5, 5.41) is 9.44. The Labute approximate surface area is 166 Å². The van der Waals surface area contributed by atoms with E-state index in [1.54, 1.807) is 24.3 Å². The van der Waals surface area contributed by atoms with Crippen LogP contribution in [0.25, 0.3) is 17.1 Å². The number of benzene rings is 3. The fourth-order valence-electron chi connectivity index (χ4n) is 2.88. The Morgan fingerprint density at radius 2 is 1.54 bits per heavy atom. The van der Waals surface area contributed by atoms with Crippen molar-refractivity contribution < 1.29 is 8.78 Å². The maximum Gasteiger partial charge on any atom is 0.196 e. The van der Waals surface area contributed by atoms with Gasteiger partial charge in [-0.25, -0.2) is 8.78 Å². The topological polar surface area (TPSA) is 30.7 Å². The minimum atomic E-state index is -0.295. The molecule has 0 N–H and O–H groups in total. The van der Waals surface area contributed by atoms with E-state index >= 15 is 0 Å². The molecule has 1 heterocycles. The fourth-order valence-corrected chi connectivity index (χ4v) is 3.79. The predicted molar refractivity (Wildman–Crippen MR) is 107 cm³/mol. The third-order valence-electron chi connectivity index (χ3n) is 4.28. The van der Waals surface area contributed by atoms with E-state index in [1.165, 1.54) is 36.0 Å². The highest BCUT2D eigenvalue weighted by Gasteiger charge is 2.16. The molecular formula is C22H17F2N3S. The van der Waals surface area contributed by atoms with Gasteiger partial charge in [-0.2, -0.15) is 0 Å². The minimum Gasteiger partial charge on any atom is -0.270 e. The lowest BCUT2D eigenvalue weighted by Gasteiger charge is -2.11. The van der Waals surface area contributed by atoms with Gasteiger partial charge in [0.15, 0.2) is 11.0 Å². The molecule has 0 unspecified atom stereocenters. The summed E-state index contributed by atoms with van der Waals surface area (Å²) in [5.74, 6) is 0.729. The Morgan fingerprint density at radius 1 is 0.857 bits per heavy atom. The Bertz CT molecular complexity index is 1090. The smallest absolute Gasteiger partial charge is 0.196 e. The standard InChI is InChI=1S/C22H17F2N3S/c1-15-3-2-4-20(13-15)27-21(17-7-11-19(24)12-8-17)25-26-22(27)28-14-16-5-9-18(23)10-6-16/h2-13H,14H2,1H3. The van der Waals surface area contributed by atoms with Crippen molar-refractivity contribution in [1.82, 2.24) is 14.8 Å². The first-order chi connectivity index (χ1) is 13.6. The Morgan fingerprint density at radius 3 is 2.21 bits per heavy atom. The van der Waals surface area contributed by atoms with Gasteiger partial charge in [0, 0.05) is 17.0 Å². The van der Waals surface area contributed by atoms with Gasteiger partial charge < -0.3 is 0 Å². The van der Waals surface area contributed by atoms with E-state index in [4.69, 9.17) is 0 Å². The van der Waals surface area contributed by atoms with Crippen LogP contribution >= 0.6 is 11.8 Å². The van der Waals surface area contributed by atoms with Gasteiger partial charge in [0.05, 0.1) is 0 Å². The van der Waals surface area contributed by atoms with Crippen LogP contribution in [0.15, 0.2) is 78.0 Å². The summed E-state index contributed by atoms with van der Waals surface area (Å²) < 4.78 is 28.4. The molecule has 4 aromatic rings. The lowest BCUT2D eigenvalue weighted by molar-refractivity contribution is 0.627. The van der Waals surface area contributed by atoms with E-state index in [1.807, 2.05) is 29.7 Å². The molecule has 0 amide bonds. The molecule has 3 aromatic carbocycles. The van der Waals surface area contributed by atoms with Gasteiger partial charge in [-0.3, -0.25) is 4.57 Å². The SMILES string of the molecule is Cc1cccc(-n2c(SCc3ccc(F)cc3)nnc2-c2ccc(F)cc2)c1. The first-order valence-electron chi connectivity index (χ1n) is 8.76. The fraction of sp³-hybridized carbons (Fsp3) is 0.0909. The average Bonchev–Trinajstić information content (AvgIpc) is 3.12. The molecule has 0 saturated carbocycles. The quantitative estimate of drug-likeness (QED) is 0.401. The summed E-state index contributed by atoms with van der Waals surface area (Å²) in [6.45, 7) is 2.02. The third-order valence-corrected chi connectivity index (χ3v) is 5.28. The van der Waals surface area contributed by atoms with Gasteiger partial charge in [0.1, 0.15) is 11.6 Å². The molecule has 0 fully saturated rings. The van der Waals surface area contributed by atoms with Crippen LogP contribution in [0, 0.1) is 18.6 Å². The Hall–Kier alpha value is -2.99. The van der Waals surface area contributed by atoms with Gasteiger partial charge in [0.2, 0.25) is 0 Å². The van der Waals surface area contributed by atoms with Crippen LogP contribution in [0.1, 0.15) is 11.1 Å². The van der Waals surface area contributed by atoms with Gasteiger partial charge >= 0.3 is 0 Å². The Kier molecular flexibility index (Phi) is 5.21. The van der Waals surface area contributed by atoms with Gasteiger partial charge in [-0.15, -0.1) is 10.2 Å². The highest BCUT2D eigenvalue weighted by atomic mass is 32.2. The second-order valence-electron chi connectivity index (χ2n) is 6.40. The number of hydrogen-bond donors (Lipinski definition) is 0. The largest absolute Gasteiger partial charge is 0.270 e. The molecule has 0 spiro atoms. The molecule has 0 radical (unpaired) electrons. The van der Waals surface area contributed by atoms with Crippen molar-refractivity contribution in [3.63, 3.8) is 0 Å². The van der Waals surface area contributed by atoms with E-state index in [2.05, 4.69) is 16.3 Å². The lowest BCUT2D eigenvalue weighted by atomic mass is 10.2. The third kappa shape index (κ3) is 3.97. The summed E-state index contributed by atoms with van der Waals surface area (Å²) in [5.41, 5.74) is 3.83. The lowest BCUT2D eigenvalue weighted by Crippen LogP contribution is -2.00. The van der Waals surface area contributed by atoms with Crippen LogP contribution in [-0.4, -0.2) is 14.8 Å². The predicted octanol–water partition coefficient (Wildman–Crippen LogP) is 5.81. The van der Waals surface area contributed by atoms with Gasteiger partial charge in [0.25, 0.3) is 0 Å². The molecule has 0 bridgehead atoms. The van der Waals surface area contributed by atoms with Crippen LogP contribution in [-0.2, 0) is 5.75 Å². The number of aryl methyl sites for hydroxylation is 1. The molecule has 4 rings (SSSR count). The molecular weight excluding hydrogens is 376 g/mol. The molecule has 0 aliphatic carbocycles. The summed E-state index contributed by atoms with van der Waals surface area (Å²) >= 11 is 1.52. The van der Waals surface area contributed by atoms with Crippen LogP contribution in [0.4, 0.5) is 8.78 Å². The molecule has 3 nitrogen and oxygen atoms in total. The monoisotopic (exact) mass is 393 g/mol. The van der Waals surface area contributed by atoms with Crippen molar-refractivity contribution in [2.45, 2.75) is 17.8 Å². The maximum atomic E-state index is 13.3. The van der Waals surface area contributed by atoms with E-state index in [0.29, 0.717) is 16.7 Å². The molecule has 6 heteroatoms. The van der Waals surface area contributed by atoms with Crippen molar-refractivity contribution in [3.8, 4) is 17.1 Å². The van der Waals surface area contributed by atoms with E-state index in [0.717, 1.165) is 22.4 Å². The number of aromatic nitrogens is 3. The number of halogens is 2. The molecule has 1 aromatic heterocycles. The first kappa shape index (κ1) is 18.4. The second-order valence-corrected chi connectivity index (χ2v) is 7.35. The van der Waals surface area contributed by atoms with Crippen LogP contribution in [0.2, 0.25) is 0 Å². The molecule has 28 heavy (non-hydrogen) atoms. The average molecular weight is 393 g/mol. The summed E-state index contributed by atoms with van der Waals surface area (Å²) in [6, 6.07) is 20.7. The van der Waals surface area contributed by atoms with E-state index in [-0.39, 0.29) is 11.6 Å². The van der Waals surface area contributed by atoms with Crippen LogP contribution < -0.4 is 0 Å². The number of nitrogens with zero attached hydrogens (tertiary/aromatic N) is 3. The highest BCUT2D eigenvalue weighted by Crippen LogP contribution is 2.30. The summed E-state index contributed by atoms with van der Waals surface area (Å²) in [6.07, 6.45) is 0. The number of rotatable bonds is 5. The minimum absolute atomic E-state index is 0.254. The zero-order chi connectivity index (χ0) is 19.5. The van der Waals surface area contributed by atoms with Gasteiger partial charge in [-0.05, 0) is 66.6 Å². The molecule has 0 saturated heterocycles. The van der Waals surface area contributed by atoms with E-state index < -0.39 is 0 Å². The zero-order valence-electron chi connectivity index (χ0n) is 15.1. The molecule has 0 atom stereocenters. The van der Waals surface area contributed by atoms with Crippen molar-refractivity contribution in [3.05, 3.63) is 95.6 Å². The summed E-state index contributed by atoms with van der Waals surface area (Å²) in [4.78, 5) is 0. The molecule has 140 valence electrons. The van der Waals surface area contributed by atoms with Crippen LogP contribution in [0.5, 0.6) is 0 Å². The maximum absolute atomic E-state index is 13.3. The van der Waals surface area contributed by atoms with E-state index in [9.17, 15) is 8.78 Å². The molecule has 0 aliphatic heterocycles. The number of thioether (sulfide) groups is 1. The first-order valence-corrected chi connectivity index (χ1v) is 9.74. The highest BCUT2D eigenvalue weighted by molar-refractivity contribution is 7.98. The van der Waals surface area contributed by atoms with Crippen LogP contribution in [0.3, 0.4) is 0 Å². The van der Waals surface area contributed by atoms with Crippen molar-refractivity contribution in [2.24, 2.45) is 0 Å². The second kappa shape index (κ2) is 7.94. The van der Waals surface area contributed by atoms with Crippen molar-refractivity contribution in [1.29, 1.82) is 0 Å². The van der Waals surface area contributed by atoms with Crippen molar-refractivity contribution >= 4 is 11.8 Å². The van der Waals surface area contributed by atoms with Crippen molar-refractivity contribution in [2.75, 3.05) is 0 Å². The summed E-state index contributed by atoms with van der Waals surface area (Å²) in [7, 11) is 0.